The van der Waals surface area contributed by atoms with E-state index in [9.17, 15) is 4.79 Å². The molecule has 0 aliphatic rings. The van der Waals surface area contributed by atoms with Gasteiger partial charge in [0.05, 0.1) is 6.61 Å². The normalized spacial score (nSPS) is 10.5. The van der Waals surface area contributed by atoms with Crippen molar-refractivity contribution in [2.75, 3.05) is 6.61 Å². The third-order valence-corrected chi connectivity index (χ3v) is 4.09. The van der Waals surface area contributed by atoms with Gasteiger partial charge in [-0.3, -0.25) is 0 Å². The van der Waals surface area contributed by atoms with Crippen molar-refractivity contribution < 1.29 is 9.53 Å². The number of hydrogen-bond acceptors (Lipinski definition) is 4. The fraction of sp³-hybridized carbons (Fsp3) is 0.308. The minimum atomic E-state index is -0.494. The molecule has 5 nitrogen and oxygen atoms in total. The molecule has 1 heterocycles. The zero-order valence-electron chi connectivity index (χ0n) is 11.0. The molecule has 2 rings (SSSR count). The molecule has 0 N–H and O–H groups in total. The number of halogens is 1. The van der Waals surface area contributed by atoms with Crippen molar-refractivity contribution in [3.63, 3.8) is 0 Å². The lowest BCUT2D eigenvalue weighted by Crippen LogP contribution is -2.07. The Morgan fingerprint density at radius 2 is 2.21 bits per heavy atom. The quantitative estimate of drug-likeness (QED) is 0.615. The molecule has 0 bridgehead atoms. The highest BCUT2D eigenvalue weighted by Gasteiger charge is 2.18. The minimum absolute atomic E-state index is 0.0941. The smallest absolute Gasteiger partial charge is 0.378 e. The lowest BCUT2D eigenvalue weighted by Gasteiger charge is -2.05. The molecule has 6 heteroatoms. The van der Waals surface area contributed by atoms with Crippen molar-refractivity contribution in [3.8, 4) is 11.4 Å². The highest BCUT2D eigenvalue weighted by atomic mass is 127. The molecule has 0 saturated carbocycles. The van der Waals surface area contributed by atoms with E-state index in [0.29, 0.717) is 12.4 Å². The maximum atomic E-state index is 11.6. The van der Waals surface area contributed by atoms with E-state index in [1.807, 2.05) is 25.1 Å². The molecule has 0 fully saturated rings. The first-order chi connectivity index (χ1) is 9.04. The lowest BCUT2D eigenvalue weighted by molar-refractivity contribution is 0.0512. The molecule has 0 unspecified atom stereocenters. The van der Waals surface area contributed by atoms with E-state index >= 15 is 0 Å². The summed E-state index contributed by atoms with van der Waals surface area (Å²) in [7, 11) is 1.77. The Hall–Kier alpha value is -1.44. The van der Waals surface area contributed by atoms with Crippen LogP contribution in [0.5, 0.6) is 0 Å². The molecule has 1 aromatic carbocycles. The van der Waals surface area contributed by atoms with Crippen LogP contribution >= 0.6 is 22.6 Å². The van der Waals surface area contributed by atoms with E-state index in [-0.39, 0.29) is 5.82 Å². The molecular formula is C13H14IN3O2. The van der Waals surface area contributed by atoms with E-state index in [2.05, 4.69) is 32.7 Å². The van der Waals surface area contributed by atoms with Crippen molar-refractivity contribution in [2.24, 2.45) is 7.05 Å². The van der Waals surface area contributed by atoms with E-state index in [0.717, 1.165) is 9.13 Å². The van der Waals surface area contributed by atoms with Crippen molar-refractivity contribution in [2.45, 2.75) is 13.8 Å². The Bertz CT molecular complexity index is 622. The summed E-state index contributed by atoms with van der Waals surface area (Å²) in [5.74, 6) is 0.264. The van der Waals surface area contributed by atoms with Crippen LogP contribution in [0.25, 0.3) is 11.4 Å². The average Bonchev–Trinajstić information content (AvgIpc) is 2.75. The summed E-state index contributed by atoms with van der Waals surface area (Å²) in [6.45, 7) is 4.10. The second kappa shape index (κ2) is 5.68. The Morgan fingerprint density at radius 3 is 2.89 bits per heavy atom. The van der Waals surface area contributed by atoms with E-state index in [1.165, 1.54) is 5.56 Å². The zero-order valence-corrected chi connectivity index (χ0v) is 13.1. The number of aryl methyl sites for hydroxylation is 2. The maximum Gasteiger partial charge on any atom is 0.378 e. The summed E-state index contributed by atoms with van der Waals surface area (Å²) >= 11 is 2.27. The van der Waals surface area contributed by atoms with Gasteiger partial charge in [0, 0.05) is 16.2 Å². The van der Waals surface area contributed by atoms with Gasteiger partial charge in [0.2, 0.25) is 0 Å². The van der Waals surface area contributed by atoms with E-state index in [4.69, 9.17) is 4.74 Å². The zero-order chi connectivity index (χ0) is 14.0. The number of nitrogens with zero attached hydrogens (tertiary/aromatic N) is 3. The van der Waals surface area contributed by atoms with Gasteiger partial charge in [-0.1, -0.05) is 18.2 Å². The van der Waals surface area contributed by atoms with Crippen LogP contribution in [-0.2, 0) is 11.8 Å². The van der Waals surface area contributed by atoms with Crippen LogP contribution in [0.2, 0.25) is 0 Å². The summed E-state index contributed by atoms with van der Waals surface area (Å²) in [4.78, 5) is 15.9. The van der Waals surface area contributed by atoms with Crippen molar-refractivity contribution in [1.29, 1.82) is 0 Å². The van der Waals surface area contributed by atoms with Crippen LogP contribution in [0.1, 0.15) is 23.1 Å². The summed E-state index contributed by atoms with van der Waals surface area (Å²) in [5.41, 5.74) is 2.13. The van der Waals surface area contributed by atoms with Crippen molar-refractivity contribution in [3.05, 3.63) is 33.2 Å². The van der Waals surface area contributed by atoms with Crippen LogP contribution < -0.4 is 0 Å². The van der Waals surface area contributed by atoms with E-state index in [1.54, 1.807) is 18.7 Å². The molecule has 100 valence electrons. The number of carbonyl (C=O) groups excluding carboxylic acids is 1. The Kier molecular flexibility index (Phi) is 4.18. The predicted molar refractivity (Wildman–Crippen MR) is 79.8 cm³/mol. The van der Waals surface area contributed by atoms with Gasteiger partial charge in [-0.2, -0.15) is 0 Å². The number of esters is 1. The van der Waals surface area contributed by atoms with Crippen LogP contribution in [0, 0.1) is 10.5 Å². The monoisotopic (exact) mass is 371 g/mol. The third kappa shape index (κ3) is 2.78. The fourth-order valence-corrected chi connectivity index (χ4v) is 2.32. The summed E-state index contributed by atoms with van der Waals surface area (Å²) in [5, 5.41) is 4.10. The number of aromatic nitrogens is 3. The Labute approximate surface area is 125 Å². The maximum absolute atomic E-state index is 11.6. The third-order valence-electron chi connectivity index (χ3n) is 2.65. The van der Waals surface area contributed by atoms with Crippen LogP contribution in [0.15, 0.2) is 18.2 Å². The SMILES string of the molecule is CCOC(=O)c1nc(-c2cccc(C)c2I)n(C)n1. The lowest BCUT2D eigenvalue weighted by atomic mass is 10.1. The standard InChI is InChI=1S/C13H14IN3O2/c1-4-19-13(18)11-15-12(17(3)16-11)9-7-5-6-8(2)10(9)14/h5-7H,4H2,1-3H3. The first kappa shape index (κ1) is 14.0. The van der Waals surface area contributed by atoms with Gasteiger partial charge in [0.1, 0.15) is 0 Å². The molecule has 0 atom stereocenters. The molecule has 0 spiro atoms. The first-order valence-corrected chi connectivity index (χ1v) is 6.96. The molecule has 0 aliphatic heterocycles. The number of carbonyl (C=O) groups is 1. The Balaban J connectivity index is 2.46. The van der Waals surface area contributed by atoms with Gasteiger partial charge in [-0.05, 0) is 42.0 Å². The highest BCUT2D eigenvalue weighted by molar-refractivity contribution is 14.1. The van der Waals surface area contributed by atoms with Gasteiger partial charge < -0.3 is 4.74 Å². The second-order valence-electron chi connectivity index (χ2n) is 4.04. The molecule has 0 amide bonds. The largest absolute Gasteiger partial charge is 0.460 e. The van der Waals surface area contributed by atoms with Crippen LogP contribution in [-0.4, -0.2) is 27.3 Å². The van der Waals surface area contributed by atoms with Gasteiger partial charge in [0.25, 0.3) is 5.82 Å². The fourth-order valence-electron chi connectivity index (χ4n) is 1.72. The van der Waals surface area contributed by atoms with Crippen molar-refractivity contribution >= 4 is 28.6 Å². The molecule has 0 aliphatic carbocycles. The summed E-state index contributed by atoms with van der Waals surface area (Å²) < 4.78 is 7.61. The summed E-state index contributed by atoms with van der Waals surface area (Å²) in [6.07, 6.45) is 0. The second-order valence-corrected chi connectivity index (χ2v) is 5.12. The first-order valence-electron chi connectivity index (χ1n) is 5.88. The molecule has 1 aromatic heterocycles. The van der Waals surface area contributed by atoms with Gasteiger partial charge in [-0.15, -0.1) is 5.10 Å². The van der Waals surface area contributed by atoms with Gasteiger partial charge in [0.15, 0.2) is 5.82 Å². The van der Waals surface area contributed by atoms with Crippen LogP contribution in [0.4, 0.5) is 0 Å². The molecule has 0 saturated heterocycles. The number of benzene rings is 1. The average molecular weight is 371 g/mol. The highest BCUT2D eigenvalue weighted by Crippen LogP contribution is 2.25. The predicted octanol–water partition coefficient (Wildman–Crippen LogP) is 2.57. The Morgan fingerprint density at radius 1 is 1.47 bits per heavy atom. The summed E-state index contributed by atoms with van der Waals surface area (Å²) in [6, 6.07) is 5.97. The van der Waals surface area contributed by atoms with Crippen LogP contribution in [0.3, 0.4) is 0 Å². The van der Waals surface area contributed by atoms with Gasteiger partial charge >= 0.3 is 5.97 Å². The molecular weight excluding hydrogens is 357 g/mol. The topological polar surface area (TPSA) is 57.0 Å². The minimum Gasteiger partial charge on any atom is -0.460 e. The van der Waals surface area contributed by atoms with Crippen molar-refractivity contribution in [1.82, 2.24) is 14.8 Å². The molecule has 0 radical (unpaired) electrons. The number of hydrogen-bond donors (Lipinski definition) is 0. The van der Waals surface area contributed by atoms with E-state index < -0.39 is 5.97 Å². The van der Waals surface area contributed by atoms with Gasteiger partial charge in [-0.25, -0.2) is 14.5 Å². The number of rotatable bonds is 3. The molecule has 19 heavy (non-hydrogen) atoms. The molecule has 2 aromatic rings. The number of ether oxygens (including phenoxy) is 1.